The highest BCUT2D eigenvalue weighted by Crippen LogP contribution is 2.43. The van der Waals surface area contributed by atoms with Crippen LogP contribution in [0, 0.1) is 13.8 Å². The van der Waals surface area contributed by atoms with Gasteiger partial charge in [-0.05, 0) is 75.3 Å². The van der Waals surface area contributed by atoms with Gasteiger partial charge in [0.05, 0.1) is 25.0 Å². The Morgan fingerprint density at radius 3 is 2.26 bits per heavy atom. The number of nitrogens with zero attached hydrogens (tertiary/aromatic N) is 7. The molecule has 0 bridgehead atoms. The number of fused-ring (bicyclic) bond motifs is 1. The molecule has 1 saturated heterocycles. The summed E-state index contributed by atoms with van der Waals surface area (Å²) in [5, 5.41) is 3.33. The van der Waals surface area contributed by atoms with Gasteiger partial charge in [0.15, 0.2) is 5.82 Å². The fourth-order valence-corrected chi connectivity index (χ4v) is 5.68. The normalized spacial score (nSPS) is 17.3. The van der Waals surface area contributed by atoms with Crippen LogP contribution in [0.2, 0.25) is 0 Å². The van der Waals surface area contributed by atoms with E-state index in [-0.39, 0.29) is 12.1 Å². The molecule has 1 fully saturated rings. The molecule has 10 heteroatoms. The molecule has 2 aliphatic rings. The van der Waals surface area contributed by atoms with Crippen LogP contribution in [0.25, 0.3) is 0 Å². The van der Waals surface area contributed by atoms with E-state index in [2.05, 4.69) is 44.3 Å². The summed E-state index contributed by atoms with van der Waals surface area (Å²) >= 11 is 0. The predicted molar refractivity (Wildman–Crippen MR) is 167 cm³/mol. The van der Waals surface area contributed by atoms with Gasteiger partial charge in [-0.15, -0.1) is 0 Å². The maximum absolute atomic E-state index is 14.3. The number of urea groups is 1. The number of methoxy groups -OCH3 is 1. The van der Waals surface area contributed by atoms with Gasteiger partial charge in [-0.3, -0.25) is 4.90 Å². The number of para-hydroxylation sites is 1. The van der Waals surface area contributed by atoms with Crippen LogP contribution in [-0.2, 0) is 0 Å². The molecule has 10 nitrogen and oxygen atoms in total. The van der Waals surface area contributed by atoms with E-state index in [4.69, 9.17) is 9.72 Å². The third-order valence-electron chi connectivity index (χ3n) is 8.10. The van der Waals surface area contributed by atoms with E-state index in [1.165, 1.54) is 5.69 Å². The quantitative estimate of drug-likeness (QED) is 0.313. The fourth-order valence-electron chi connectivity index (χ4n) is 5.68. The lowest BCUT2D eigenvalue weighted by Gasteiger charge is -2.41. The van der Waals surface area contributed by atoms with Crippen LogP contribution in [0.1, 0.15) is 29.7 Å². The molecular weight excluding hydrogens is 528 g/mol. The van der Waals surface area contributed by atoms with E-state index in [0.29, 0.717) is 23.3 Å². The molecule has 1 atom stereocenters. The van der Waals surface area contributed by atoms with Gasteiger partial charge >= 0.3 is 6.03 Å². The number of ether oxygens (including phenoxy) is 1. The van der Waals surface area contributed by atoms with Crippen molar-refractivity contribution in [2.24, 2.45) is 0 Å². The number of hydrogen-bond acceptors (Lipinski definition) is 8. The summed E-state index contributed by atoms with van der Waals surface area (Å²) in [5.41, 5.74) is 5.80. The van der Waals surface area contributed by atoms with E-state index >= 15 is 0 Å². The van der Waals surface area contributed by atoms with Gasteiger partial charge in [-0.25, -0.2) is 19.7 Å². The Hall–Kier alpha value is -4.70. The van der Waals surface area contributed by atoms with Crippen molar-refractivity contribution in [2.45, 2.75) is 26.8 Å². The van der Waals surface area contributed by atoms with E-state index in [1.807, 2.05) is 56.0 Å². The van der Waals surface area contributed by atoms with Crippen LogP contribution < -0.4 is 24.8 Å². The lowest BCUT2D eigenvalue weighted by molar-refractivity contribution is 0.250. The summed E-state index contributed by atoms with van der Waals surface area (Å²) < 4.78 is 5.31. The van der Waals surface area contributed by atoms with Crippen LogP contribution in [0.5, 0.6) is 5.75 Å². The average Bonchev–Trinajstić information content (AvgIpc) is 3.00. The highest BCUT2D eigenvalue weighted by molar-refractivity contribution is 6.11. The summed E-state index contributed by atoms with van der Waals surface area (Å²) in [7, 11) is 3.75. The maximum Gasteiger partial charge on any atom is 0.336 e. The molecule has 0 radical (unpaired) electrons. The van der Waals surface area contributed by atoms with Gasteiger partial charge in [0.2, 0.25) is 5.95 Å². The summed E-state index contributed by atoms with van der Waals surface area (Å²) in [6.45, 7) is 10.2. The summed E-state index contributed by atoms with van der Waals surface area (Å²) in [6, 6.07) is 17.4. The lowest BCUT2D eigenvalue weighted by Crippen LogP contribution is -2.48. The number of hydrogen-bond donors (Lipinski definition) is 1. The van der Waals surface area contributed by atoms with Crippen molar-refractivity contribution in [1.29, 1.82) is 0 Å². The fraction of sp³-hybridized carbons (Fsp3) is 0.312. The third-order valence-corrected chi connectivity index (χ3v) is 8.10. The SMILES string of the molecule is COc1ccc(N2C(=O)N(c3c(C)cccc3C)C(C)c3cnc(Nc4ccc(N5CCN(C)CC5)cc4)nc32)nc1. The lowest BCUT2D eigenvalue weighted by atomic mass is 10.0. The number of carbonyl (C=O) groups excluding carboxylic acids is 1. The molecular formula is C32H36N8O2. The summed E-state index contributed by atoms with van der Waals surface area (Å²) in [5.74, 6) is 1.96. The number of aromatic nitrogens is 3. The molecule has 1 N–H and O–H groups in total. The summed E-state index contributed by atoms with van der Waals surface area (Å²) in [4.78, 5) is 36.5. The molecule has 0 spiro atoms. The number of likely N-dealkylation sites (N-methyl/N-ethyl adjacent to an activating group) is 1. The minimum Gasteiger partial charge on any atom is -0.495 e. The third kappa shape index (κ3) is 5.09. The van der Waals surface area contributed by atoms with Crippen molar-refractivity contribution in [3.63, 3.8) is 0 Å². The molecule has 0 saturated carbocycles. The minimum atomic E-state index is -0.293. The van der Waals surface area contributed by atoms with Crippen LogP contribution in [0.15, 0.2) is 67.0 Å². The average molecular weight is 565 g/mol. The Bertz CT molecular complexity index is 1560. The summed E-state index contributed by atoms with van der Waals surface area (Å²) in [6.07, 6.45) is 3.41. The second-order valence-electron chi connectivity index (χ2n) is 10.9. The van der Waals surface area contributed by atoms with Crippen molar-refractivity contribution >= 4 is 40.7 Å². The first-order valence-electron chi connectivity index (χ1n) is 14.2. The van der Waals surface area contributed by atoms with E-state index in [9.17, 15) is 4.79 Å². The van der Waals surface area contributed by atoms with Gasteiger partial charge in [0.25, 0.3) is 0 Å². The molecule has 2 aromatic carbocycles. The number of nitrogens with one attached hydrogen (secondary N) is 1. The number of rotatable bonds is 6. The monoisotopic (exact) mass is 564 g/mol. The molecule has 4 aromatic rings. The Kier molecular flexibility index (Phi) is 7.38. The molecule has 4 heterocycles. The van der Waals surface area contributed by atoms with E-state index in [0.717, 1.165) is 54.2 Å². The standard InChI is InChI=1S/C32H36N8O2/c1-21-7-6-8-22(2)29(21)39-23(3)27-20-34-31(35-24-9-11-25(12-10-24)38-17-15-37(4)16-18-38)36-30(27)40(32(39)41)28-14-13-26(42-5)19-33-28/h6-14,19-20,23H,15-18H2,1-5H3,(H,34,35,36). The number of benzene rings is 2. The molecule has 0 aliphatic carbocycles. The zero-order chi connectivity index (χ0) is 29.4. The highest BCUT2D eigenvalue weighted by Gasteiger charge is 2.40. The van der Waals surface area contributed by atoms with Crippen LogP contribution >= 0.6 is 0 Å². The van der Waals surface area contributed by atoms with Gasteiger partial charge in [-0.1, -0.05) is 18.2 Å². The zero-order valence-corrected chi connectivity index (χ0v) is 24.7. The molecule has 1 unspecified atom stereocenters. The van der Waals surface area contributed by atoms with Gasteiger partial charge in [0.1, 0.15) is 11.6 Å². The number of piperazine rings is 1. The van der Waals surface area contributed by atoms with Gasteiger partial charge in [0, 0.05) is 49.3 Å². The Balaban J connectivity index is 1.35. The molecule has 2 aromatic heterocycles. The first-order valence-corrected chi connectivity index (χ1v) is 14.2. The van der Waals surface area contributed by atoms with Crippen LogP contribution in [0.3, 0.4) is 0 Å². The number of amides is 2. The van der Waals surface area contributed by atoms with E-state index < -0.39 is 0 Å². The van der Waals surface area contributed by atoms with Crippen LogP contribution in [-0.4, -0.2) is 66.2 Å². The second kappa shape index (κ2) is 11.3. The van der Waals surface area contributed by atoms with Crippen molar-refractivity contribution in [3.05, 3.63) is 83.7 Å². The molecule has 2 aliphatic heterocycles. The highest BCUT2D eigenvalue weighted by atomic mass is 16.5. The predicted octanol–water partition coefficient (Wildman–Crippen LogP) is 5.83. The smallest absolute Gasteiger partial charge is 0.336 e. The van der Waals surface area contributed by atoms with Gasteiger partial charge in [-0.2, -0.15) is 4.98 Å². The maximum atomic E-state index is 14.3. The van der Waals surface area contributed by atoms with Crippen molar-refractivity contribution < 1.29 is 9.53 Å². The minimum absolute atomic E-state index is 0.230. The molecule has 6 rings (SSSR count). The zero-order valence-electron chi connectivity index (χ0n) is 24.7. The number of carbonyl (C=O) groups is 1. The van der Waals surface area contributed by atoms with Crippen molar-refractivity contribution in [3.8, 4) is 5.75 Å². The van der Waals surface area contributed by atoms with E-state index in [1.54, 1.807) is 36.5 Å². The molecule has 2 amide bonds. The van der Waals surface area contributed by atoms with Gasteiger partial charge < -0.3 is 19.9 Å². The number of aryl methyl sites for hydroxylation is 2. The Morgan fingerprint density at radius 2 is 1.62 bits per heavy atom. The Labute approximate surface area is 246 Å². The van der Waals surface area contributed by atoms with Crippen molar-refractivity contribution in [2.75, 3.05) is 60.4 Å². The largest absolute Gasteiger partial charge is 0.495 e. The van der Waals surface area contributed by atoms with Crippen molar-refractivity contribution in [1.82, 2.24) is 19.9 Å². The molecule has 42 heavy (non-hydrogen) atoms. The molecule has 216 valence electrons. The number of pyridine rings is 1. The topological polar surface area (TPSA) is 90.0 Å². The first kappa shape index (κ1) is 27.5. The second-order valence-corrected chi connectivity index (χ2v) is 10.9. The Morgan fingerprint density at radius 1 is 0.905 bits per heavy atom. The van der Waals surface area contributed by atoms with Crippen LogP contribution in [0.4, 0.5) is 39.4 Å². The first-order chi connectivity index (χ1) is 20.3. The number of anilines is 6.